The summed E-state index contributed by atoms with van der Waals surface area (Å²) in [5.41, 5.74) is 2.07. The lowest BCUT2D eigenvalue weighted by molar-refractivity contribution is -0.120. The fourth-order valence-electron chi connectivity index (χ4n) is 3.54. The molecule has 2 aliphatic rings. The maximum absolute atomic E-state index is 12.6. The van der Waals surface area contributed by atoms with Crippen molar-refractivity contribution in [3.63, 3.8) is 0 Å². The highest BCUT2D eigenvalue weighted by atomic mass is 32.2. The first kappa shape index (κ1) is 18.6. The Hall–Kier alpha value is -2.78. The summed E-state index contributed by atoms with van der Waals surface area (Å²) in [6, 6.07) is 8.39. The Morgan fingerprint density at radius 1 is 1.21 bits per heavy atom. The zero-order valence-corrected chi connectivity index (χ0v) is 15.9. The van der Waals surface area contributed by atoms with Crippen LogP contribution in [0, 0.1) is 5.92 Å². The van der Waals surface area contributed by atoms with Gasteiger partial charge in [-0.15, -0.1) is 0 Å². The van der Waals surface area contributed by atoms with E-state index in [-0.39, 0.29) is 35.7 Å². The third kappa shape index (κ3) is 3.50. The summed E-state index contributed by atoms with van der Waals surface area (Å²) in [6.45, 7) is 1.07. The minimum atomic E-state index is -3.59. The van der Waals surface area contributed by atoms with Crippen LogP contribution < -0.4 is 10.6 Å². The van der Waals surface area contributed by atoms with Crippen LogP contribution in [0.1, 0.15) is 28.8 Å². The first-order chi connectivity index (χ1) is 13.4. The predicted octanol–water partition coefficient (Wildman–Crippen LogP) is 1.36. The van der Waals surface area contributed by atoms with Crippen LogP contribution in [0.15, 0.2) is 47.6 Å². The number of rotatable bonds is 4. The molecule has 1 aromatic carbocycles. The lowest BCUT2D eigenvalue weighted by Crippen LogP contribution is -2.41. The Morgan fingerprint density at radius 2 is 2.00 bits per heavy atom. The molecule has 9 heteroatoms. The second kappa shape index (κ2) is 7.33. The summed E-state index contributed by atoms with van der Waals surface area (Å²) in [6.07, 6.45) is 3.74. The molecule has 4 rings (SSSR count). The van der Waals surface area contributed by atoms with Crippen LogP contribution in [0.4, 0.5) is 5.69 Å². The minimum absolute atomic E-state index is 0.139. The monoisotopic (exact) mass is 400 g/mol. The summed E-state index contributed by atoms with van der Waals surface area (Å²) in [4.78, 5) is 28.4. The zero-order chi connectivity index (χ0) is 19.7. The molecular weight excluding hydrogens is 380 g/mol. The van der Waals surface area contributed by atoms with Gasteiger partial charge in [0.2, 0.25) is 15.9 Å². The average Bonchev–Trinajstić information content (AvgIpc) is 3.09. The van der Waals surface area contributed by atoms with Crippen LogP contribution in [-0.2, 0) is 21.4 Å². The molecule has 0 aliphatic carbocycles. The summed E-state index contributed by atoms with van der Waals surface area (Å²) >= 11 is 0. The molecule has 0 atom stereocenters. The van der Waals surface area contributed by atoms with Gasteiger partial charge in [-0.05, 0) is 42.7 Å². The number of benzene rings is 1. The van der Waals surface area contributed by atoms with Crippen molar-refractivity contribution in [1.29, 1.82) is 0 Å². The Kier molecular flexibility index (Phi) is 4.86. The van der Waals surface area contributed by atoms with Crippen molar-refractivity contribution in [2.45, 2.75) is 24.3 Å². The standard InChI is InChI=1S/C19H20N4O4S/c24-18(22-15-4-3-14-11-21-19(25)17(14)10-15)13-5-8-23(9-6-13)28(26,27)16-2-1-7-20-12-16/h1-4,7,10,12-13H,5-6,8-9,11H2,(H,21,25)(H,22,24). The predicted molar refractivity (Wildman–Crippen MR) is 102 cm³/mol. The molecule has 2 N–H and O–H groups in total. The second-order valence-electron chi connectivity index (χ2n) is 6.91. The van der Waals surface area contributed by atoms with E-state index >= 15 is 0 Å². The number of nitrogens with one attached hydrogen (secondary N) is 2. The van der Waals surface area contributed by atoms with Crippen molar-refractivity contribution in [3.05, 3.63) is 53.9 Å². The van der Waals surface area contributed by atoms with E-state index in [9.17, 15) is 18.0 Å². The Morgan fingerprint density at radius 3 is 2.71 bits per heavy atom. The quantitative estimate of drug-likeness (QED) is 0.806. The first-order valence-corrected chi connectivity index (χ1v) is 10.5. The number of aromatic nitrogens is 1. The highest BCUT2D eigenvalue weighted by Crippen LogP contribution is 2.25. The van der Waals surface area contributed by atoms with Crippen LogP contribution in [0.25, 0.3) is 0 Å². The number of hydrogen-bond acceptors (Lipinski definition) is 5. The van der Waals surface area contributed by atoms with Gasteiger partial charge in [-0.3, -0.25) is 14.6 Å². The summed E-state index contributed by atoms with van der Waals surface area (Å²) in [7, 11) is -3.59. The van der Waals surface area contributed by atoms with Gasteiger partial charge in [0.25, 0.3) is 5.91 Å². The van der Waals surface area contributed by atoms with Crippen LogP contribution in [0.2, 0.25) is 0 Å². The molecule has 1 aromatic heterocycles. The molecule has 2 amide bonds. The number of carbonyl (C=O) groups is 2. The van der Waals surface area contributed by atoms with E-state index < -0.39 is 10.0 Å². The fourth-order valence-corrected chi connectivity index (χ4v) is 4.98. The molecule has 1 fully saturated rings. The van der Waals surface area contributed by atoms with E-state index in [1.54, 1.807) is 18.2 Å². The maximum Gasteiger partial charge on any atom is 0.251 e. The van der Waals surface area contributed by atoms with E-state index in [2.05, 4.69) is 15.6 Å². The van der Waals surface area contributed by atoms with Gasteiger partial charge in [0, 0.05) is 49.2 Å². The minimum Gasteiger partial charge on any atom is -0.348 e. The highest BCUT2D eigenvalue weighted by Gasteiger charge is 2.32. The maximum atomic E-state index is 12.6. The molecule has 0 unspecified atom stereocenters. The van der Waals surface area contributed by atoms with Gasteiger partial charge in [0.1, 0.15) is 4.90 Å². The van der Waals surface area contributed by atoms with Gasteiger partial charge in [-0.2, -0.15) is 4.31 Å². The fraction of sp³-hybridized carbons (Fsp3) is 0.316. The molecular formula is C19H20N4O4S. The summed E-state index contributed by atoms with van der Waals surface area (Å²) < 4.78 is 26.7. The molecule has 1 saturated heterocycles. The SMILES string of the molecule is O=C1NCc2ccc(NC(=O)C3CCN(S(=O)(=O)c4cccnc4)CC3)cc21. The Balaban J connectivity index is 1.38. The molecule has 0 saturated carbocycles. The van der Waals surface area contributed by atoms with Crippen molar-refractivity contribution in [2.75, 3.05) is 18.4 Å². The largest absolute Gasteiger partial charge is 0.348 e. The van der Waals surface area contributed by atoms with Gasteiger partial charge in [0.15, 0.2) is 0 Å². The van der Waals surface area contributed by atoms with Crippen LogP contribution in [0.3, 0.4) is 0 Å². The first-order valence-electron chi connectivity index (χ1n) is 9.07. The number of amides is 2. The highest BCUT2D eigenvalue weighted by molar-refractivity contribution is 7.89. The van der Waals surface area contributed by atoms with E-state index in [0.717, 1.165) is 5.56 Å². The lowest BCUT2D eigenvalue weighted by Gasteiger charge is -2.30. The normalized spacial score (nSPS) is 17.8. The van der Waals surface area contributed by atoms with E-state index in [4.69, 9.17) is 0 Å². The molecule has 0 bridgehead atoms. The molecule has 146 valence electrons. The number of sulfonamides is 1. The van der Waals surface area contributed by atoms with Crippen LogP contribution >= 0.6 is 0 Å². The third-order valence-electron chi connectivity index (χ3n) is 5.16. The summed E-state index contributed by atoms with van der Waals surface area (Å²) in [5.74, 6) is -0.570. The zero-order valence-electron chi connectivity index (χ0n) is 15.1. The van der Waals surface area contributed by atoms with E-state index in [1.807, 2.05) is 6.07 Å². The van der Waals surface area contributed by atoms with Gasteiger partial charge in [-0.25, -0.2) is 8.42 Å². The van der Waals surface area contributed by atoms with Crippen LogP contribution in [-0.4, -0.2) is 42.6 Å². The summed E-state index contributed by atoms with van der Waals surface area (Å²) in [5, 5.41) is 5.59. The molecule has 8 nitrogen and oxygen atoms in total. The molecule has 2 aromatic rings. The molecule has 3 heterocycles. The number of anilines is 1. The molecule has 2 aliphatic heterocycles. The van der Waals surface area contributed by atoms with Crippen molar-refractivity contribution >= 4 is 27.5 Å². The van der Waals surface area contributed by atoms with Crippen LogP contribution in [0.5, 0.6) is 0 Å². The number of hydrogen-bond donors (Lipinski definition) is 2. The molecule has 0 radical (unpaired) electrons. The number of nitrogens with zero attached hydrogens (tertiary/aromatic N) is 2. The second-order valence-corrected chi connectivity index (χ2v) is 8.85. The Labute approximate surface area is 163 Å². The van der Waals surface area contributed by atoms with E-state index in [0.29, 0.717) is 30.6 Å². The average molecular weight is 400 g/mol. The molecule has 28 heavy (non-hydrogen) atoms. The van der Waals surface area contributed by atoms with Gasteiger partial charge in [0.05, 0.1) is 0 Å². The van der Waals surface area contributed by atoms with Gasteiger partial charge >= 0.3 is 0 Å². The van der Waals surface area contributed by atoms with Gasteiger partial charge < -0.3 is 10.6 Å². The number of fused-ring (bicyclic) bond motifs is 1. The number of carbonyl (C=O) groups excluding carboxylic acids is 2. The van der Waals surface area contributed by atoms with Gasteiger partial charge in [-0.1, -0.05) is 6.07 Å². The van der Waals surface area contributed by atoms with Crippen molar-refractivity contribution in [1.82, 2.24) is 14.6 Å². The van der Waals surface area contributed by atoms with Crippen molar-refractivity contribution in [3.8, 4) is 0 Å². The smallest absolute Gasteiger partial charge is 0.251 e. The van der Waals surface area contributed by atoms with Crippen molar-refractivity contribution < 1.29 is 18.0 Å². The third-order valence-corrected chi connectivity index (χ3v) is 7.04. The lowest BCUT2D eigenvalue weighted by atomic mass is 9.97. The van der Waals surface area contributed by atoms with E-state index in [1.165, 1.54) is 22.8 Å². The number of pyridine rings is 1. The van der Waals surface area contributed by atoms with Crippen molar-refractivity contribution in [2.24, 2.45) is 5.92 Å². The molecule has 0 spiro atoms. The Bertz CT molecular complexity index is 1020. The number of piperidine rings is 1. The topological polar surface area (TPSA) is 108 Å².